The average Bonchev–Trinajstić information content (AvgIpc) is 3.37. The summed E-state index contributed by atoms with van der Waals surface area (Å²) in [5.41, 5.74) is 0.565. The number of likely N-dealkylation sites (N-methyl/N-ethyl adjacent to an activating group) is 1. The lowest BCUT2D eigenvalue weighted by atomic mass is 9.92. The molecule has 0 aliphatic carbocycles. The number of nitrogens with zero attached hydrogens (tertiary/aromatic N) is 6. The smallest absolute Gasteiger partial charge is 0.291 e. The summed E-state index contributed by atoms with van der Waals surface area (Å²) >= 11 is 6.48. The number of nitriles is 1. The maximum absolute atomic E-state index is 14.8. The van der Waals surface area contributed by atoms with Crippen molar-refractivity contribution in [3.8, 4) is 23.1 Å². The minimum absolute atomic E-state index is 0.0838. The Labute approximate surface area is 270 Å². The molecule has 1 N–H and O–H groups in total. The molecule has 0 bridgehead atoms. The van der Waals surface area contributed by atoms with Crippen LogP contribution in [-0.4, -0.2) is 102 Å². The van der Waals surface area contributed by atoms with E-state index in [0.29, 0.717) is 37.7 Å². The number of benzene rings is 2. The van der Waals surface area contributed by atoms with Gasteiger partial charge in [0.2, 0.25) is 11.7 Å². The summed E-state index contributed by atoms with van der Waals surface area (Å²) in [6.45, 7) is 1.96. The molecule has 3 amide bonds. The molecular weight excluding hydrogens is 620 g/mol. The number of carbonyl (C=O) groups excluding carboxylic acids is 3. The fourth-order valence-corrected chi connectivity index (χ4v) is 5.92. The zero-order valence-electron chi connectivity index (χ0n) is 26.0. The number of hydrogen-bond acceptors (Lipinski definition) is 6. The first-order valence-electron chi connectivity index (χ1n) is 14.8. The van der Waals surface area contributed by atoms with Gasteiger partial charge in [-0.15, -0.1) is 0 Å². The molecule has 3 heterocycles. The van der Waals surface area contributed by atoms with Crippen LogP contribution in [0.25, 0.3) is 11.3 Å². The van der Waals surface area contributed by atoms with Gasteiger partial charge in [-0.25, -0.2) is 9.37 Å². The Morgan fingerprint density at radius 2 is 1.78 bits per heavy atom. The van der Waals surface area contributed by atoms with Gasteiger partial charge in [0.1, 0.15) is 12.1 Å². The molecule has 0 atom stereocenters. The number of piperidine rings is 1. The molecular formula is C32H35ClF2N7O4+. The fraction of sp³-hybridized carbons (Fsp3) is 0.406. The molecule has 0 unspecified atom stereocenters. The molecule has 11 nitrogen and oxygen atoms in total. The fourth-order valence-electron chi connectivity index (χ4n) is 5.66. The van der Waals surface area contributed by atoms with Crippen molar-refractivity contribution < 1.29 is 32.4 Å². The van der Waals surface area contributed by atoms with E-state index in [1.165, 1.54) is 42.1 Å². The summed E-state index contributed by atoms with van der Waals surface area (Å²) < 4.78 is 36.3. The van der Waals surface area contributed by atoms with Crippen molar-refractivity contribution in [2.45, 2.75) is 18.9 Å². The van der Waals surface area contributed by atoms with Gasteiger partial charge < -0.3 is 28.9 Å². The van der Waals surface area contributed by atoms with Crippen LogP contribution in [0.15, 0.2) is 36.5 Å². The average molecular weight is 655 g/mol. The van der Waals surface area contributed by atoms with E-state index in [1.807, 2.05) is 4.90 Å². The Morgan fingerprint density at radius 1 is 1.09 bits per heavy atom. The first-order valence-corrected chi connectivity index (χ1v) is 15.2. The summed E-state index contributed by atoms with van der Waals surface area (Å²) in [4.78, 5) is 47.0. The molecule has 46 heavy (non-hydrogen) atoms. The quantitative estimate of drug-likeness (QED) is 0.368. The molecule has 0 radical (unpaired) electrons. The molecule has 2 aliphatic rings. The Morgan fingerprint density at radius 3 is 2.41 bits per heavy atom. The lowest BCUT2D eigenvalue weighted by Crippen LogP contribution is -2.66. The van der Waals surface area contributed by atoms with Crippen molar-refractivity contribution in [2.24, 2.45) is 13.0 Å². The van der Waals surface area contributed by atoms with E-state index in [1.54, 1.807) is 17.0 Å². The summed E-state index contributed by atoms with van der Waals surface area (Å²) in [7, 11) is 7.87. The van der Waals surface area contributed by atoms with Gasteiger partial charge in [-0.3, -0.25) is 14.4 Å². The topological polar surface area (TPSA) is 121 Å². The van der Waals surface area contributed by atoms with E-state index < -0.39 is 29.9 Å². The molecule has 0 saturated carbocycles. The van der Waals surface area contributed by atoms with Crippen molar-refractivity contribution >= 4 is 35.0 Å². The van der Waals surface area contributed by atoms with E-state index in [-0.39, 0.29) is 45.4 Å². The highest BCUT2D eigenvalue weighted by Gasteiger charge is 2.42. The van der Waals surface area contributed by atoms with Gasteiger partial charge in [0, 0.05) is 37.3 Å². The highest BCUT2D eigenvalue weighted by molar-refractivity contribution is 6.34. The number of imidazole rings is 1. The van der Waals surface area contributed by atoms with Gasteiger partial charge in [-0.2, -0.15) is 9.65 Å². The summed E-state index contributed by atoms with van der Waals surface area (Å²) in [5, 5.41) is 11.4. The van der Waals surface area contributed by atoms with Gasteiger partial charge in [0.15, 0.2) is 24.0 Å². The van der Waals surface area contributed by atoms with Gasteiger partial charge in [-0.05, 0) is 43.2 Å². The zero-order valence-corrected chi connectivity index (χ0v) is 26.8. The van der Waals surface area contributed by atoms with Gasteiger partial charge in [-0.1, -0.05) is 11.6 Å². The van der Waals surface area contributed by atoms with Crippen LogP contribution >= 0.6 is 11.6 Å². The second kappa shape index (κ2) is 13.1. The van der Waals surface area contributed by atoms with Crippen LogP contribution in [0.3, 0.4) is 0 Å². The molecule has 3 aromatic rings. The molecule has 2 aromatic carbocycles. The third kappa shape index (κ3) is 6.54. The van der Waals surface area contributed by atoms with Crippen molar-refractivity contribution in [3.63, 3.8) is 0 Å². The number of likely N-dealkylation sites (tertiary alicyclic amines) is 2. The summed E-state index contributed by atoms with van der Waals surface area (Å²) in [6, 6.07) is 9.12. The van der Waals surface area contributed by atoms with E-state index in [4.69, 9.17) is 21.6 Å². The Balaban J connectivity index is 1.19. The van der Waals surface area contributed by atoms with Crippen LogP contribution in [0.4, 0.5) is 14.5 Å². The number of ether oxygens (including phenoxy) is 1. The monoisotopic (exact) mass is 654 g/mol. The van der Waals surface area contributed by atoms with Crippen molar-refractivity contribution in [1.82, 2.24) is 19.4 Å². The number of anilines is 1. The van der Waals surface area contributed by atoms with Crippen molar-refractivity contribution in [2.75, 3.05) is 59.2 Å². The number of amides is 3. The van der Waals surface area contributed by atoms with Crippen LogP contribution < -0.4 is 10.1 Å². The van der Waals surface area contributed by atoms with Crippen LogP contribution in [0.2, 0.25) is 5.02 Å². The minimum Gasteiger partial charge on any atom is -0.476 e. The molecule has 242 valence electrons. The number of quaternary nitrogens is 1. The SMILES string of the molecule is Cn1c(-c2ccc(OCC#N)c(F)c2F)cnc1C(=O)Nc1ccc(C(=O)N2CCC(C(=O)N3CC([N+](C)(C)C)C3)CC2)c(Cl)c1. The minimum atomic E-state index is -1.26. The highest BCUT2D eigenvalue weighted by Crippen LogP contribution is 2.31. The van der Waals surface area contributed by atoms with E-state index in [9.17, 15) is 23.2 Å². The highest BCUT2D eigenvalue weighted by atomic mass is 35.5. The number of rotatable bonds is 8. The van der Waals surface area contributed by atoms with Crippen molar-refractivity contribution in [1.29, 1.82) is 5.26 Å². The first kappa shape index (κ1) is 32.8. The number of nitrogens with one attached hydrogen (secondary N) is 1. The van der Waals surface area contributed by atoms with Crippen LogP contribution in [0.1, 0.15) is 33.8 Å². The summed E-state index contributed by atoms with van der Waals surface area (Å²) in [6.07, 6.45) is 2.41. The molecule has 1 aromatic heterocycles. The first-order chi connectivity index (χ1) is 21.8. The van der Waals surface area contributed by atoms with Crippen LogP contribution in [0.5, 0.6) is 5.75 Å². The Kier molecular flexibility index (Phi) is 9.32. The van der Waals surface area contributed by atoms with Gasteiger partial charge >= 0.3 is 0 Å². The third-order valence-corrected chi connectivity index (χ3v) is 8.98. The standard InChI is InChI=1S/C32H34ClF2N7O4/c1-39-25(23-7-8-26(46-14-11-36)28(35)27(23)34)16-37-29(39)30(43)38-20-5-6-22(24(33)15-20)32(45)40-12-9-19(10-13-40)31(44)41-17-21(18-41)42(2,3)4/h5-8,15-16,19,21H,9-10,12-14,17-18H2,1-4H3/p+1. The molecule has 5 rings (SSSR count). The predicted molar refractivity (Wildman–Crippen MR) is 166 cm³/mol. The Hall–Kier alpha value is -4.54. The van der Waals surface area contributed by atoms with Crippen molar-refractivity contribution in [3.05, 3.63) is 64.6 Å². The maximum atomic E-state index is 14.8. The van der Waals surface area contributed by atoms with Crippen LogP contribution in [0, 0.1) is 28.9 Å². The van der Waals surface area contributed by atoms with E-state index in [0.717, 1.165) is 17.6 Å². The molecule has 2 aliphatic heterocycles. The van der Waals surface area contributed by atoms with Gasteiger partial charge in [0.25, 0.3) is 11.8 Å². The lowest BCUT2D eigenvalue weighted by molar-refractivity contribution is -0.900. The molecule has 14 heteroatoms. The number of carbonyl (C=O) groups is 3. The second-order valence-electron chi connectivity index (χ2n) is 12.4. The lowest BCUT2D eigenvalue weighted by Gasteiger charge is -2.48. The Bertz CT molecular complexity index is 1720. The molecule has 2 saturated heterocycles. The predicted octanol–water partition coefficient (Wildman–Crippen LogP) is 3.94. The van der Waals surface area contributed by atoms with Crippen LogP contribution in [-0.2, 0) is 11.8 Å². The maximum Gasteiger partial charge on any atom is 0.291 e. The summed E-state index contributed by atoms with van der Waals surface area (Å²) in [5.74, 6) is -3.80. The largest absolute Gasteiger partial charge is 0.476 e. The van der Waals surface area contributed by atoms with E-state index in [2.05, 4.69) is 31.4 Å². The third-order valence-electron chi connectivity index (χ3n) is 8.66. The van der Waals surface area contributed by atoms with E-state index >= 15 is 0 Å². The number of hydrogen-bond donors (Lipinski definition) is 1. The number of halogens is 3. The zero-order chi connectivity index (χ0) is 33.3. The number of aromatic nitrogens is 2. The normalized spacial score (nSPS) is 15.7. The molecule has 0 spiro atoms. The molecule has 2 fully saturated rings. The van der Waals surface area contributed by atoms with Gasteiger partial charge in [0.05, 0.1) is 56.7 Å². The second-order valence-corrected chi connectivity index (χ2v) is 12.8.